The van der Waals surface area contributed by atoms with Gasteiger partial charge in [-0.25, -0.2) is 0 Å². The lowest BCUT2D eigenvalue weighted by Gasteiger charge is -2.50. The number of unbranched alkanes of at least 4 members (excludes halogenated alkanes) is 2. The Morgan fingerprint density at radius 3 is 2.24 bits per heavy atom. The molecular formula is C18H33NO2. The first-order valence-corrected chi connectivity index (χ1v) is 8.84. The zero-order chi connectivity index (χ0) is 15.7. The molecule has 122 valence electrons. The predicted octanol–water partition coefficient (Wildman–Crippen LogP) is 4.01. The molecule has 1 saturated carbocycles. The van der Waals surface area contributed by atoms with Crippen molar-refractivity contribution in [1.82, 2.24) is 4.90 Å². The van der Waals surface area contributed by atoms with Gasteiger partial charge in [0.05, 0.1) is 0 Å². The Balaban J connectivity index is 2.20. The summed E-state index contributed by atoms with van der Waals surface area (Å²) < 4.78 is 5.95. The van der Waals surface area contributed by atoms with Crippen molar-refractivity contribution in [2.24, 2.45) is 11.3 Å². The second kappa shape index (κ2) is 6.28. The van der Waals surface area contributed by atoms with Crippen molar-refractivity contribution < 1.29 is 9.53 Å². The van der Waals surface area contributed by atoms with Crippen molar-refractivity contribution in [3.63, 3.8) is 0 Å². The Morgan fingerprint density at radius 2 is 1.71 bits per heavy atom. The molecule has 0 N–H and O–H groups in total. The number of nitrogens with zero attached hydrogens (tertiary/aromatic N) is 1. The van der Waals surface area contributed by atoms with Crippen LogP contribution in [0, 0.1) is 11.3 Å². The van der Waals surface area contributed by atoms with Crippen LogP contribution in [0.5, 0.6) is 0 Å². The predicted molar refractivity (Wildman–Crippen MR) is 86.2 cm³/mol. The van der Waals surface area contributed by atoms with E-state index in [0.29, 0.717) is 5.92 Å². The lowest BCUT2D eigenvalue weighted by molar-refractivity contribution is -0.195. The minimum Gasteiger partial charge on any atom is -0.458 e. The highest BCUT2D eigenvalue weighted by atomic mass is 16.6. The summed E-state index contributed by atoms with van der Waals surface area (Å²) in [5.74, 6) is 0.476. The molecule has 1 heterocycles. The number of hydrogen-bond donors (Lipinski definition) is 0. The van der Waals surface area contributed by atoms with Crippen molar-refractivity contribution in [1.29, 1.82) is 0 Å². The van der Waals surface area contributed by atoms with Gasteiger partial charge in [0, 0.05) is 5.41 Å². The summed E-state index contributed by atoms with van der Waals surface area (Å²) in [7, 11) is 0. The van der Waals surface area contributed by atoms with Crippen LogP contribution in [0.2, 0.25) is 0 Å². The molecule has 0 unspecified atom stereocenters. The van der Waals surface area contributed by atoms with Gasteiger partial charge in [0.1, 0.15) is 11.6 Å². The minimum absolute atomic E-state index is 0.0197. The van der Waals surface area contributed by atoms with E-state index >= 15 is 0 Å². The molecule has 21 heavy (non-hydrogen) atoms. The molecule has 2 fully saturated rings. The number of hydrogen-bond acceptors (Lipinski definition) is 3. The van der Waals surface area contributed by atoms with Crippen molar-refractivity contribution in [2.45, 2.75) is 84.8 Å². The lowest BCUT2D eigenvalue weighted by atomic mass is 9.68. The van der Waals surface area contributed by atoms with Crippen LogP contribution >= 0.6 is 0 Å². The first-order valence-electron chi connectivity index (χ1n) is 8.84. The molecule has 3 heteroatoms. The molecule has 3 nitrogen and oxygen atoms in total. The number of esters is 1. The Morgan fingerprint density at radius 1 is 1.14 bits per heavy atom. The van der Waals surface area contributed by atoms with Gasteiger partial charge in [0.2, 0.25) is 0 Å². The monoisotopic (exact) mass is 295 g/mol. The van der Waals surface area contributed by atoms with Crippen LogP contribution in [0.4, 0.5) is 0 Å². The molecule has 3 atom stereocenters. The summed E-state index contributed by atoms with van der Waals surface area (Å²) in [6.45, 7) is 13.2. The topological polar surface area (TPSA) is 29.5 Å². The minimum atomic E-state index is -0.258. The fraction of sp³-hybridized carbons (Fsp3) is 0.944. The van der Waals surface area contributed by atoms with E-state index in [1.165, 1.54) is 12.8 Å². The molecule has 0 radical (unpaired) electrons. The van der Waals surface area contributed by atoms with Gasteiger partial charge in [-0.1, -0.05) is 40.5 Å². The van der Waals surface area contributed by atoms with Crippen molar-refractivity contribution in [3.05, 3.63) is 0 Å². The van der Waals surface area contributed by atoms with Crippen molar-refractivity contribution >= 4 is 5.97 Å². The highest BCUT2D eigenvalue weighted by Crippen LogP contribution is 2.57. The maximum Gasteiger partial charge on any atom is 0.324 e. The van der Waals surface area contributed by atoms with E-state index in [0.717, 1.165) is 38.8 Å². The van der Waals surface area contributed by atoms with E-state index in [1.54, 1.807) is 0 Å². The van der Waals surface area contributed by atoms with E-state index in [4.69, 9.17) is 4.74 Å². The van der Waals surface area contributed by atoms with E-state index in [9.17, 15) is 4.79 Å². The maximum atomic E-state index is 12.7. The molecule has 2 rings (SSSR count). The van der Waals surface area contributed by atoms with Crippen molar-refractivity contribution in [2.75, 3.05) is 13.1 Å². The summed E-state index contributed by atoms with van der Waals surface area (Å²) in [5, 5.41) is 0. The Bertz CT molecular complexity index is 371. The third-order valence-corrected chi connectivity index (χ3v) is 6.16. The van der Waals surface area contributed by atoms with Crippen LogP contribution in [0.1, 0.15) is 73.1 Å². The number of ether oxygens (including phenoxy) is 1. The molecular weight excluding hydrogens is 262 g/mol. The molecule has 2 bridgehead atoms. The van der Waals surface area contributed by atoms with Crippen LogP contribution in [0.3, 0.4) is 0 Å². The highest BCUT2D eigenvalue weighted by Gasteiger charge is 2.62. The first-order chi connectivity index (χ1) is 9.87. The van der Waals surface area contributed by atoms with Gasteiger partial charge in [0.25, 0.3) is 0 Å². The van der Waals surface area contributed by atoms with Crippen LogP contribution in [-0.2, 0) is 9.53 Å². The smallest absolute Gasteiger partial charge is 0.324 e. The number of carbonyl (C=O) groups excluding carboxylic acids is 1. The van der Waals surface area contributed by atoms with Gasteiger partial charge in [-0.15, -0.1) is 0 Å². The molecule has 0 aromatic heterocycles. The van der Waals surface area contributed by atoms with Gasteiger partial charge >= 0.3 is 5.97 Å². The lowest BCUT2D eigenvalue weighted by Crippen LogP contribution is -2.60. The quantitative estimate of drug-likeness (QED) is 0.665. The van der Waals surface area contributed by atoms with Crippen molar-refractivity contribution in [3.8, 4) is 0 Å². The molecule has 0 spiro atoms. The normalized spacial score (nSPS) is 34.3. The highest BCUT2D eigenvalue weighted by molar-refractivity contribution is 5.78. The van der Waals surface area contributed by atoms with Gasteiger partial charge in [-0.05, 0) is 51.6 Å². The molecule has 0 aromatic carbocycles. The average Bonchev–Trinajstić information content (AvgIpc) is 2.57. The second-order valence-electron chi connectivity index (χ2n) is 7.71. The number of rotatable bonds is 7. The van der Waals surface area contributed by atoms with Crippen LogP contribution in [-0.4, -0.2) is 35.6 Å². The summed E-state index contributed by atoms with van der Waals surface area (Å²) in [6, 6.07) is -0.0197. The zero-order valence-corrected chi connectivity index (χ0v) is 14.6. The molecule has 2 aliphatic rings. The number of fused-ring (bicyclic) bond motifs is 2. The fourth-order valence-corrected chi connectivity index (χ4v) is 4.20. The van der Waals surface area contributed by atoms with E-state index in [1.807, 2.05) is 0 Å². The maximum absolute atomic E-state index is 12.7. The summed E-state index contributed by atoms with van der Waals surface area (Å²) >= 11 is 0. The number of carbonyl (C=O) groups is 1. The van der Waals surface area contributed by atoms with Gasteiger partial charge in [0.15, 0.2) is 0 Å². The largest absolute Gasteiger partial charge is 0.458 e. The standard InChI is InChI=1S/C18H33NO2/c1-6-8-12-19(13-9-7-2)15-14-10-11-18(5,17(14,3)4)21-16(15)20/h14-15H,6-13H2,1-5H3/t14-,15+,18-/m1/s1. The summed E-state index contributed by atoms with van der Waals surface area (Å²) in [5.41, 5.74) is -0.172. The van der Waals surface area contributed by atoms with E-state index in [-0.39, 0.29) is 23.0 Å². The van der Waals surface area contributed by atoms with Gasteiger partial charge in [-0.3, -0.25) is 9.69 Å². The molecule has 1 aliphatic heterocycles. The molecule has 1 saturated heterocycles. The fourth-order valence-electron chi connectivity index (χ4n) is 4.20. The Kier molecular flexibility index (Phi) is 5.02. The Hall–Kier alpha value is -0.570. The molecule has 0 amide bonds. The molecule has 1 aliphatic carbocycles. The summed E-state index contributed by atoms with van der Waals surface area (Å²) in [4.78, 5) is 15.1. The van der Waals surface area contributed by atoms with Crippen LogP contribution < -0.4 is 0 Å². The Labute approximate surface area is 130 Å². The second-order valence-corrected chi connectivity index (χ2v) is 7.71. The third kappa shape index (κ3) is 2.86. The van der Waals surface area contributed by atoms with E-state index in [2.05, 4.69) is 39.5 Å². The molecule has 0 aromatic rings. The van der Waals surface area contributed by atoms with Gasteiger partial charge < -0.3 is 4.74 Å². The van der Waals surface area contributed by atoms with Crippen LogP contribution in [0.15, 0.2) is 0 Å². The van der Waals surface area contributed by atoms with Gasteiger partial charge in [-0.2, -0.15) is 0 Å². The third-order valence-electron chi connectivity index (χ3n) is 6.16. The summed E-state index contributed by atoms with van der Waals surface area (Å²) in [6.07, 6.45) is 6.82. The zero-order valence-electron chi connectivity index (χ0n) is 14.6. The van der Waals surface area contributed by atoms with Crippen LogP contribution in [0.25, 0.3) is 0 Å². The SMILES string of the molecule is CCCCN(CCCC)[C@@H]1C(=O)O[C@]2(C)CC[C@H]1C2(C)C. The van der Waals surface area contributed by atoms with E-state index < -0.39 is 0 Å². The average molecular weight is 295 g/mol. The first kappa shape index (κ1) is 16.8.